The number of piperazine rings is 1. The molecule has 0 radical (unpaired) electrons. The van der Waals surface area contributed by atoms with E-state index in [1.807, 2.05) is 23.6 Å². The smallest absolute Gasteiger partial charge is 0.243 e. The topological polar surface area (TPSA) is 81.8 Å². The molecule has 2 saturated heterocycles. The first-order chi connectivity index (χ1) is 15.0. The maximum Gasteiger partial charge on any atom is 0.243 e. The monoisotopic (exact) mass is 460 g/mol. The second-order valence-corrected chi connectivity index (χ2v) is 11.4. The minimum Gasteiger partial charge on any atom is -0.339 e. The molecular weight excluding hydrogens is 432 g/mol. The lowest BCUT2D eigenvalue weighted by atomic mass is 9.92. The third-order valence-electron chi connectivity index (χ3n) is 6.60. The average molecular weight is 461 g/mol. The Morgan fingerprint density at radius 1 is 1.00 bits per heavy atom. The lowest BCUT2D eigenvalue weighted by molar-refractivity contribution is -0.134. The van der Waals surface area contributed by atoms with E-state index in [1.54, 1.807) is 22.3 Å². The van der Waals surface area contributed by atoms with Crippen LogP contribution in [0.15, 0.2) is 40.6 Å². The van der Waals surface area contributed by atoms with Gasteiger partial charge < -0.3 is 4.90 Å². The lowest BCUT2D eigenvalue weighted by Gasteiger charge is -2.35. The van der Waals surface area contributed by atoms with E-state index in [1.165, 1.54) is 26.7 Å². The molecule has 5 rings (SSSR count). The summed E-state index contributed by atoms with van der Waals surface area (Å²) in [6, 6.07) is 9.52. The van der Waals surface area contributed by atoms with E-state index < -0.39 is 10.0 Å². The van der Waals surface area contributed by atoms with Crippen LogP contribution in [0.5, 0.6) is 0 Å². The summed E-state index contributed by atoms with van der Waals surface area (Å²) in [5.74, 6) is 0.0392. The number of hydrogen-bond donors (Lipinski definition) is 2. The molecule has 0 saturated carbocycles. The number of hydrazine groups is 1. The van der Waals surface area contributed by atoms with Gasteiger partial charge in [-0.25, -0.2) is 19.3 Å². The quantitative estimate of drug-likeness (QED) is 0.730. The van der Waals surface area contributed by atoms with Gasteiger partial charge in [-0.2, -0.15) is 4.31 Å². The van der Waals surface area contributed by atoms with E-state index >= 15 is 0 Å². The van der Waals surface area contributed by atoms with Crippen molar-refractivity contribution in [1.29, 1.82) is 0 Å². The summed E-state index contributed by atoms with van der Waals surface area (Å²) < 4.78 is 27.9. The minimum atomic E-state index is -3.53. The summed E-state index contributed by atoms with van der Waals surface area (Å²) in [5.41, 5.74) is 8.78. The Bertz CT molecular complexity index is 1050. The van der Waals surface area contributed by atoms with Crippen molar-refractivity contribution in [3.63, 3.8) is 0 Å². The number of sulfonamides is 1. The lowest BCUT2D eigenvalue weighted by Crippen LogP contribution is -2.54. The van der Waals surface area contributed by atoms with Crippen molar-refractivity contribution < 1.29 is 13.2 Å². The molecule has 1 aliphatic carbocycles. The Morgan fingerprint density at radius 2 is 1.77 bits per heavy atom. The van der Waals surface area contributed by atoms with Crippen LogP contribution in [0.1, 0.15) is 41.3 Å². The number of aryl methyl sites for hydroxylation is 2. The summed E-state index contributed by atoms with van der Waals surface area (Å²) in [4.78, 5) is 16.3. The third-order valence-corrected chi connectivity index (χ3v) is 9.48. The first-order valence-electron chi connectivity index (χ1n) is 11.0. The number of rotatable bonds is 4. The highest BCUT2D eigenvalue weighted by Crippen LogP contribution is 2.28. The number of benzene rings is 1. The van der Waals surface area contributed by atoms with Gasteiger partial charge in [0, 0.05) is 31.1 Å². The normalized spacial score (nSPS) is 24.8. The number of amides is 1. The molecule has 9 heteroatoms. The molecule has 1 aromatic heterocycles. The van der Waals surface area contributed by atoms with Crippen LogP contribution in [0.4, 0.5) is 0 Å². The Hall–Kier alpha value is -1.78. The molecule has 1 aromatic carbocycles. The third kappa shape index (κ3) is 4.17. The van der Waals surface area contributed by atoms with Gasteiger partial charge >= 0.3 is 0 Å². The molecule has 3 aliphatic rings. The Morgan fingerprint density at radius 3 is 2.52 bits per heavy atom. The molecule has 31 heavy (non-hydrogen) atoms. The van der Waals surface area contributed by atoms with Crippen molar-refractivity contribution in [2.45, 2.75) is 49.1 Å². The highest BCUT2D eigenvalue weighted by Gasteiger charge is 2.36. The zero-order valence-corrected chi connectivity index (χ0v) is 19.1. The van der Waals surface area contributed by atoms with Gasteiger partial charge in [-0.1, -0.05) is 12.1 Å². The summed E-state index contributed by atoms with van der Waals surface area (Å²) in [5, 5.41) is 2.04. The van der Waals surface area contributed by atoms with Crippen molar-refractivity contribution in [3.05, 3.63) is 51.7 Å². The summed E-state index contributed by atoms with van der Waals surface area (Å²) in [7, 11) is -3.53. The zero-order valence-electron chi connectivity index (χ0n) is 17.4. The van der Waals surface area contributed by atoms with Gasteiger partial charge in [-0.3, -0.25) is 4.79 Å². The average Bonchev–Trinajstić information content (AvgIpc) is 3.50. The molecule has 2 N–H and O–H groups in total. The maximum atomic E-state index is 13.2. The van der Waals surface area contributed by atoms with E-state index in [9.17, 15) is 13.2 Å². The molecule has 2 unspecified atom stereocenters. The number of hydrogen-bond acceptors (Lipinski definition) is 6. The van der Waals surface area contributed by atoms with E-state index in [0.717, 1.165) is 19.3 Å². The van der Waals surface area contributed by atoms with Crippen molar-refractivity contribution in [2.75, 3.05) is 26.2 Å². The van der Waals surface area contributed by atoms with Crippen LogP contribution in [-0.2, 0) is 27.7 Å². The van der Waals surface area contributed by atoms with E-state index in [4.69, 9.17) is 0 Å². The fourth-order valence-electron chi connectivity index (χ4n) is 4.78. The van der Waals surface area contributed by atoms with Crippen molar-refractivity contribution in [3.8, 4) is 0 Å². The summed E-state index contributed by atoms with van der Waals surface area (Å²) >= 11 is 1.68. The molecule has 3 heterocycles. The van der Waals surface area contributed by atoms with Gasteiger partial charge in [-0.15, -0.1) is 11.3 Å². The molecule has 2 aromatic rings. The Balaban J connectivity index is 1.20. The summed E-state index contributed by atoms with van der Waals surface area (Å²) in [6.45, 7) is 1.51. The van der Waals surface area contributed by atoms with Crippen LogP contribution < -0.4 is 10.9 Å². The Kier molecular flexibility index (Phi) is 5.87. The fourth-order valence-corrected chi connectivity index (χ4v) is 7.05. The molecule has 2 fully saturated rings. The van der Waals surface area contributed by atoms with Gasteiger partial charge in [0.15, 0.2) is 0 Å². The van der Waals surface area contributed by atoms with Gasteiger partial charge in [-0.05, 0) is 66.8 Å². The number of thiophene rings is 1. The molecular formula is C22H28N4O3S2. The van der Waals surface area contributed by atoms with Crippen LogP contribution in [0, 0.1) is 0 Å². The van der Waals surface area contributed by atoms with Gasteiger partial charge in [0.25, 0.3) is 0 Å². The zero-order chi connectivity index (χ0) is 21.4. The van der Waals surface area contributed by atoms with E-state index in [-0.39, 0.29) is 18.0 Å². The molecule has 7 nitrogen and oxygen atoms in total. The minimum absolute atomic E-state index is 0.0392. The van der Waals surface area contributed by atoms with Crippen molar-refractivity contribution in [2.24, 2.45) is 0 Å². The number of carbonyl (C=O) groups excluding carboxylic acids is 1. The molecule has 0 spiro atoms. The SMILES string of the molecule is O=C(C1CC(c2cccs2)NN1)N1CCN(S(=O)(=O)c2ccc3c(c2)CCCC3)CC1. The highest BCUT2D eigenvalue weighted by molar-refractivity contribution is 7.89. The van der Waals surface area contributed by atoms with Crippen LogP contribution >= 0.6 is 11.3 Å². The number of nitrogens with zero attached hydrogens (tertiary/aromatic N) is 2. The van der Waals surface area contributed by atoms with Crippen molar-refractivity contribution >= 4 is 27.3 Å². The molecule has 2 atom stereocenters. The van der Waals surface area contributed by atoms with Gasteiger partial charge in [0.1, 0.15) is 6.04 Å². The standard InChI is InChI=1S/C22H28N4O3S2/c27-22(20-15-19(23-24-20)21-6-3-13-30-21)25-9-11-26(12-10-25)31(28,29)18-8-7-16-4-1-2-5-17(16)14-18/h3,6-8,13-14,19-20,23-24H,1-2,4-5,9-12,15H2. The predicted molar refractivity (Wildman–Crippen MR) is 120 cm³/mol. The first-order valence-corrected chi connectivity index (χ1v) is 13.3. The molecule has 166 valence electrons. The predicted octanol–water partition coefficient (Wildman–Crippen LogP) is 2.07. The largest absolute Gasteiger partial charge is 0.339 e. The second-order valence-electron chi connectivity index (χ2n) is 8.51. The fraction of sp³-hybridized carbons (Fsp3) is 0.500. The van der Waals surface area contributed by atoms with Crippen LogP contribution in [0.3, 0.4) is 0 Å². The van der Waals surface area contributed by atoms with E-state index in [2.05, 4.69) is 16.9 Å². The van der Waals surface area contributed by atoms with Crippen LogP contribution in [0.25, 0.3) is 0 Å². The van der Waals surface area contributed by atoms with Crippen LogP contribution in [0.2, 0.25) is 0 Å². The van der Waals surface area contributed by atoms with Gasteiger partial charge in [0.05, 0.1) is 10.9 Å². The molecule has 1 amide bonds. The first kappa shape index (κ1) is 21.1. The molecule has 0 bridgehead atoms. The summed E-state index contributed by atoms with van der Waals surface area (Å²) in [6.07, 6.45) is 4.99. The number of carbonyl (C=O) groups is 1. The second kappa shape index (κ2) is 8.63. The number of fused-ring (bicyclic) bond motifs is 1. The Labute approximate surface area is 187 Å². The molecule has 2 aliphatic heterocycles. The van der Waals surface area contributed by atoms with Gasteiger partial charge in [0.2, 0.25) is 15.9 Å². The van der Waals surface area contributed by atoms with E-state index in [0.29, 0.717) is 37.5 Å². The highest BCUT2D eigenvalue weighted by atomic mass is 32.2. The van der Waals surface area contributed by atoms with Crippen LogP contribution in [-0.4, -0.2) is 55.8 Å². The van der Waals surface area contributed by atoms with Crippen molar-refractivity contribution in [1.82, 2.24) is 20.1 Å². The maximum absolute atomic E-state index is 13.2. The number of nitrogens with one attached hydrogen (secondary N) is 2.